The van der Waals surface area contributed by atoms with E-state index in [1.165, 1.54) is 0 Å². The number of nitrogens with zero attached hydrogens (tertiary/aromatic N) is 1. The summed E-state index contributed by atoms with van der Waals surface area (Å²) in [5.74, 6) is -1.40. The highest BCUT2D eigenvalue weighted by molar-refractivity contribution is 6.02. The van der Waals surface area contributed by atoms with Gasteiger partial charge >= 0.3 is 5.97 Å². The molecule has 0 unspecified atom stereocenters. The van der Waals surface area contributed by atoms with Gasteiger partial charge in [0.1, 0.15) is 0 Å². The molecule has 0 radical (unpaired) electrons. The Morgan fingerprint density at radius 2 is 1.75 bits per heavy atom. The monoisotopic (exact) mass is 488 g/mol. The lowest BCUT2D eigenvalue weighted by molar-refractivity contribution is 0.0696. The first-order valence-electron chi connectivity index (χ1n) is 12.4. The van der Waals surface area contributed by atoms with Gasteiger partial charge in [-0.3, -0.25) is 9.59 Å². The third-order valence-corrected chi connectivity index (χ3v) is 6.88. The Labute approximate surface area is 211 Å². The van der Waals surface area contributed by atoms with E-state index in [1.807, 2.05) is 54.8 Å². The van der Waals surface area contributed by atoms with Crippen LogP contribution in [0.2, 0.25) is 0 Å². The molecule has 7 heteroatoms. The van der Waals surface area contributed by atoms with Crippen LogP contribution in [0.5, 0.6) is 0 Å². The lowest BCUT2D eigenvalue weighted by Crippen LogP contribution is -2.29. The molecule has 1 aliphatic rings. The first-order chi connectivity index (χ1) is 17.4. The molecule has 2 atom stereocenters. The highest BCUT2D eigenvalue weighted by atomic mass is 16.5. The van der Waals surface area contributed by atoms with Crippen LogP contribution in [0, 0.1) is 0 Å². The fourth-order valence-corrected chi connectivity index (χ4v) is 4.85. The molecule has 3 aromatic rings. The quantitative estimate of drug-likeness (QED) is 0.374. The molecule has 36 heavy (non-hydrogen) atoms. The summed E-state index contributed by atoms with van der Waals surface area (Å²) in [6.07, 6.45) is 1.66. The van der Waals surface area contributed by atoms with Gasteiger partial charge in [0.2, 0.25) is 0 Å². The standard InChI is InChI=1S/C29H32N2O5/c1-3-19(21-11-8-12-22(15-21)29(34)35)16-27(32)25-17-23(26-18-36-14-13-31(25)26)28(33)30-24(4-2)20-9-6-5-7-10-20/h5-12,15,17,19,24H,3-4,13-14,16,18H2,1-2H3,(H,30,33)(H,34,35)/t19-,24+/m0/s1. The summed E-state index contributed by atoms with van der Waals surface area (Å²) in [5, 5.41) is 12.5. The van der Waals surface area contributed by atoms with Crippen LogP contribution in [0.25, 0.3) is 0 Å². The fraction of sp³-hybridized carbons (Fsp3) is 0.345. The number of aromatic nitrogens is 1. The summed E-state index contributed by atoms with van der Waals surface area (Å²) >= 11 is 0. The Balaban J connectivity index is 1.59. The minimum Gasteiger partial charge on any atom is -0.478 e. The van der Waals surface area contributed by atoms with E-state index in [4.69, 9.17) is 4.74 Å². The van der Waals surface area contributed by atoms with Crippen LogP contribution in [0.3, 0.4) is 0 Å². The smallest absolute Gasteiger partial charge is 0.335 e. The number of aromatic carboxylic acids is 1. The lowest BCUT2D eigenvalue weighted by atomic mass is 9.89. The Bertz CT molecular complexity index is 1250. The molecule has 0 saturated carbocycles. The number of hydrogen-bond acceptors (Lipinski definition) is 4. The minimum atomic E-state index is -0.991. The van der Waals surface area contributed by atoms with E-state index < -0.39 is 5.97 Å². The van der Waals surface area contributed by atoms with Crippen molar-refractivity contribution in [1.82, 2.24) is 9.88 Å². The van der Waals surface area contributed by atoms with E-state index in [9.17, 15) is 19.5 Å². The van der Waals surface area contributed by atoms with Crippen molar-refractivity contribution >= 4 is 17.7 Å². The van der Waals surface area contributed by atoms with Crippen molar-refractivity contribution in [3.63, 3.8) is 0 Å². The van der Waals surface area contributed by atoms with Gasteiger partial charge in [0.15, 0.2) is 5.78 Å². The largest absolute Gasteiger partial charge is 0.478 e. The predicted molar refractivity (Wildman–Crippen MR) is 136 cm³/mol. The number of carboxylic acid groups (broad SMARTS) is 1. The zero-order chi connectivity index (χ0) is 25.7. The summed E-state index contributed by atoms with van der Waals surface area (Å²) in [6.45, 7) is 5.26. The molecule has 188 valence electrons. The molecule has 0 saturated heterocycles. The molecule has 0 bridgehead atoms. The molecule has 2 aromatic carbocycles. The van der Waals surface area contributed by atoms with Crippen molar-refractivity contribution in [2.24, 2.45) is 0 Å². The number of ether oxygens (including phenoxy) is 1. The third-order valence-electron chi connectivity index (χ3n) is 6.88. The van der Waals surface area contributed by atoms with Crippen LogP contribution in [-0.4, -0.2) is 33.9 Å². The third kappa shape index (κ3) is 5.41. The maximum absolute atomic E-state index is 13.5. The maximum Gasteiger partial charge on any atom is 0.335 e. The molecule has 4 rings (SSSR count). The second kappa shape index (κ2) is 11.4. The van der Waals surface area contributed by atoms with E-state index >= 15 is 0 Å². The molecular formula is C29H32N2O5. The molecule has 1 aromatic heterocycles. The normalized spacial score (nSPS) is 14.5. The summed E-state index contributed by atoms with van der Waals surface area (Å²) in [7, 11) is 0. The lowest BCUT2D eigenvalue weighted by Gasteiger charge is -2.21. The van der Waals surface area contributed by atoms with Gasteiger partial charge in [0.25, 0.3) is 5.91 Å². The Morgan fingerprint density at radius 1 is 1.00 bits per heavy atom. The van der Waals surface area contributed by atoms with Gasteiger partial charge in [-0.15, -0.1) is 0 Å². The molecule has 0 fully saturated rings. The predicted octanol–water partition coefficient (Wildman–Crippen LogP) is 5.36. The van der Waals surface area contributed by atoms with Gasteiger partial charge in [-0.1, -0.05) is 56.3 Å². The number of ketones is 1. The van der Waals surface area contributed by atoms with Gasteiger partial charge in [-0.25, -0.2) is 4.79 Å². The van der Waals surface area contributed by atoms with Crippen LogP contribution in [-0.2, 0) is 17.9 Å². The zero-order valence-electron chi connectivity index (χ0n) is 20.7. The molecular weight excluding hydrogens is 456 g/mol. The number of fused-ring (bicyclic) bond motifs is 1. The van der Waals surface area contributed by atoms with Crippen LogP contribution in [0.4, 0.5) is 0 Å². The van der Waals surface area contributed by atoms with Crippen LogP contribution in [0.1, 0.15) is 93.1 Å². The van der Waals surface area contributed by atoms with Crippen molar-refractivity contribution in [3.05, 3.63) is 94.3 Å². The molecule has 7 nitrogen and oxygen atoms in total. The van der Waals surface area contributed by atoms with Gasteiger partial charge in [0, 0.05) is 13.0 Å². The fourth-order valence-electron chi connectivity index (χ4n) is 4.85. The minimum absolute atomic E-state index is 0.0696. The topological polar surface area (TPSA) is 97.6 Å². The van der Waals surface area contributed by atoms with E-state index in [0.717, 1.165) is 17.5 Å². The van der Waals surface area contributed by atoms with Crippen molar-refractivity contribution < 1.29 is 24.2 Å². The number of carboxylic acids is 1. The van der Waals surface area contributed by atoms with Gasteiger partial charge in [-0.2, -0.15) is 0 Å². The van der Waals surface area contributed by atoms with Crippen LogP contribution in [0.15, 0.2) is 60.7 Å². The number of benzene rings is 2. The molecule has 0 spiro atoms. The highest BCUT2D eigenvalue weighted by Crippen LogP contribution is 2.29. The van der Waals surface area contributed by atoms with Gasteiger partial charge in [0.05, 0.1) is 41.8 Å². The highest BCUT2D eigenvalue weighted by Gasteiger charge is 2.28. The van der Waals surface area contributed by atoms with E-state index in [-0.39, 0.29) is 42.2 Å². The average Bonchev–Trinajstić information content (AvgIpc) is 3.30. The Hall–Kier alpha value is -3.71. The molecule has 0 aliphatic carbocycles. The van der Waals surface area contributed by atoms with Crippen molar-refractivity contribution in [1.29, 1.82) is 0 Å². The Kier molecular flexibility index (Phi) is 8.00. The van der Waals surface area contributed by atoms with Crippen molar-refractivity contribution in [2.75, 3.05) is 6.61 Å². The maximum atomic E-state index is 13.5. The molecule has 2 N–H and O–H groups in total. The number of amides is 1. The first-order valence-corrected chi connectivity index (χ1v) is 12.4. The second-order valence-electron chi connectivity index (χ2n) is 9.10. The number of rotatable bonds is 10. The summed E-state index contributed by atoms with van der Waals surface area (Å²) in [4.78, 5) is 38.3. The molecule has 1 aliphatic heterocycles. The van der Waals surface area contributed by atoms with E-state index in [1.54, 1.807) is 24.3 Å². The Morgan fingerprint density at radius 3 is 2.44 bits per heavy atom. The average molecular weight is 489 g/mol. The number of hydrogen-bond donors (Lipinski definition) is 2. The van der Waals surface area contributed by atoms with E-state index in [2.05, 4.69) is 5.32 Å². The summed E-state index contributed by atoms with van der Waals surface area (Å²) < 4.78 is 7.54. The number of carbonyl (C=O) groups is 3. The number of Topliss-reactive ketones (excluding diaryl/α,β-unsaturated/α-hetero) is 1. The van der Waals surface area contributed by atoms with Crippen LogP contribution < -0.4 is 5.32 Å². The van der Waals surface area contributed by atoms with Gasteiger partial charge < -0.3 is 19.7 Å². The number of carbonyl (C=O) groups excluding carboxylic acids is 2. The van der Waals surface area contributed by atoms with Crippen LogP contribution >= 0.6 is 0 Å². The van der Waals surface area contributed by atoms with Crippen molar-refractivity contribution in [2.45, 2.75) is 58.2 Å². The SMILES string of the molecule is CC[C@@H](CC(=O)c1cc(C(=O)N[C@H](CC)c2ccccc2)c2n1CCOC2)c1cccc(C(=O)O)c1. The van der Waals surface area contributed by atoms with E-state index in [0.29, 0.717) is 36.5 Å². The summed E-state index contributed by atoms with van der Waals surface area (Å²) in [5.41, 5.74) is 3.74. The second-order valence-corrected chi connectivity index (χ2v) is 9.10. The molecule has 1 amide bonds. The van der Waals surface area contributed by atoms with Gasteiger partial charge in [-0.05, 0) is 48.1 Å². The number of nitrogens with one attached hydrogen (secondary N) is 1. The first kappa shape index (κ1) is 25.4. The summed E-state index contributed by atoms with van der Waals surface area (Å²) in [6, 6.07) is 18.1. The van der Waals surface area contributed by atoms with Crippen molar-refractivity contribution in [3.8, 4) is 0 Å². The zero-order valence-corrected chi connectivity index (χ0v) is 20.7. The molecule has 2 heterocycles.